The second-order valence-corrected chi connectivity index (χ2v) is 14.3. The number of carbonyl (C=O) groups excluding carboxylic acids is 1. The van der Waals surface area contributed by atoms with Crippen molar-refractivity contribution in [3.63, 3.8) is 0 Å². The van der Waals surface area contributed by atoms with Gasteiger partial charge in [0.1, 0.15) is 0 Å². The van der Waals surface area contributed by atoms with E-state index in [0.717, 1.165) is 0 Å². The standard InChI is InChI=1S/C9H23NO3Si2/c1-14(2,3)12-8-7-10-9(11)13-15(4,5)6/h7-8H2,1-6H3,(H,10,11). The van der Waals surface area contributed by atoms with E-state index in [1.165, 1.54) is 0 Å². The largest absolute Gasteiger partial charge is 0.504 e. The van der Waals surface area contributed by atoms with Gasteiger partial charge in [0.2, 0.25) is 8.32 Å². The van der Waals surface area contributed by atoms with E-state index in [1.807, 2.05) is 19.6 Å². The molecule has 0 radical (unpaired) electrons. The number of hydrogen-bond donors (Lipinski definition) is 1. The first-order valence-electron chi connectivity index (χ1n) is 5.21. The van der Waals surface area contributed by atoms with E-state index >= 15 is 0 Å². The highest BCUT2D eigenvalue weighted by molar-refractivity contribution is 6.71. The van der Waals surface area contributed by atoms with Crippen LogP contribution in [0.1, 0.15) is 0 Å². The molecule has 0 spiro atoms. The van der Waals surface area contributed by atoms with Crippen molar-refractivity contribution in [3.8, 4) is 0 Å². The minimum absolute atomic E-state index is 0.326. The molecule has 1 amide bonds. The fraction of sp³-hybridized carbons (Fsp3) is 0.889. The van der Waals surface area contributed by atoms with Crippen molar-refractivity contribution >= 4 is 22.7 Å². The summed E-state index contributed by atoms with van der Waals surface area (Å²) >= 11 is 0. The normalized spacial score (nSPS) is 12.4. The molecule has 0 aromatic carbocycles. The molecule has 0 aliphatic heterocycles. The van der Waals surface area contributed by atoms with Gasteiger partial charge in [-0.25, -0.2) is 4.79 Å². The van der Waals surface area contributed by atoms with Gasteiger partial charge in [-0.05, 0) is 39.3 Å². The van der Waals surface area contributed by atoms with Gasteiger partial charge < -0.3 is 14.2 Å². The van der Waals surface area contributed by atoms with Crippen LogP contribution in [0.2, 0.25) is 39.3 Å². The van der Waals surface area contributed by atoms with E-state index in [-0.39, 0.29) is 6.09 Å². The molecule has 0 fully saturated rings. The van der Waals surface area contributed by atoms with E-state index < -0.39 is 16.6 Å². The highest BCUT2D eigenvalue weighted by Crippen LogP contribution is 2.03. The fourth-order valence-electron chi connectivity index (χ4n) is 0.824. The number of rotatable bonds is 5. The number of carbonyl (C=O) groups is 1. The predicted molar refractivity (Wildman–Crippen MR) is 67.1 cm³/mol. The van der Waals surface area contributed by atoms with E-state index in [4.69, 9.17) is 8.85 Å². The Balaban J connectivity index is 3.57. The second-order valence-electron chi connectivity index (χ2n) is 5.39. The molecule has 0 bridgehead atoms. The lowest BCUT2D eigenvalue weighted by molar-refractivity contribution is 0.195. The molecular formula is C9H23NO3Si2. The second kappa shape index (κ2) is 5.67. The average Bonchev–Trinajstić information content (AvgIpc) is 1.92. The summed E-state index contributed by atoms with van der Waals surface area (Å²) in [7, 11) is -3.22. The Labute approximate surface area is 94.6 Å². The summed E-state index contributed by atoms with van der Waals surface area (Å²) in [4.78, 5) is 11.2. The topological polar surface area (TPSA) is 47.6 Å². The lowest BCUT2D eigenvalue weighted by Gasteiger charge is -2.19. The Morgan fingerprint density at radius 3 is 2.00 bits per heavy atom. The summed E-state index contributed by atoms with van der Waals surface area (Å²) in [6.45, 7) is 13.4. The molecule has 6 heteroatoms. The molecule has 0 aromatic heterocycles. The summed E-state index contributed by atoms with van der Waals surface area (Å²) in [5.74, 6) is 0. The van der Waals surface area contributed by atoms with E-state index in [9.17, 15) is 4.79 Å². The van der Waals surface area contributed by atoms with Crippen molar-refractivity contribution in [2.45, 2.75) is 39.3 Å². The third-order valence-corrected chi connectivity index (χ3v) is 3.17. The van der Waals surface area contributed by atoms with Crippen molar-refractivity contribution in [2.24, 2.45) is 0 Å². The first-order chi connectivity index (χ1) is 6.60. The fourth-order valence-corrected chi connectivity index (χ4v) is 2.17. The van der Waals surface area contributed by atoms with Gasteiger partial charge in [0.15, 0.2) is 8.32 Å². The van der Waals surface area contributed by atoms with Gasteiger partial charge in [-0.2, -0.15) is 0 Å². The van der Waals surface area contributed by atoms with Gasteiger partial charge in [0.25, 0.3) is 0 Å². The first-order valence-corrected chi connectivity index (χ1v) is 12.0. The Kier molecular flexibility index (Phi) is 5.54. The van der Waals surface area contributed by atoms with Crippen LogP contribution in [-0.2, 0) is 8.85 Å². The molecule has 0 rings (SSSR count). The summed E-state index contributed by atoms with van der Waals surface area (Å²) < 4.78 is 10.8. The maximum Gasteiger partial charge on any atom is 0.393 e. The minimum Gasteiger partial charge on any atom is -0.504 e. The third-order valence-electron chi connectivity index (χ3n) is 1.31. The highest BCUT2D eigenvalue weighted by atomic mass is 28.4. The molecule has 0 saturated carbocycles. The van der Waals surface area contributed by atoms with Crippen molar-refractivity contribution in [3.05, 3.63) is 0 Å². The van der Waals surface area contributed by atoms with Crippen LogP contribution in [0.15, 0.2) is 0 Å². The summed E-state index contributed by atoms with van der Waals surface area (Å²) in [5.41, 5.74) is 0. The maximum atomic E-state index is 11.2. The number of amides is 1. The Hall–Kier alpha value is -0.336. The molecular weight excluding hydrogens is 226 g/mol. The smallest absolute Gasteiger partial charge is 0.393 e. The van der Waals surface area contributed by atoms with Crippen LogP contribution < -0.4 is 5.32 Å². The van der Waals surface area contributed by atoms with Crippen LogP contribution in [0.4, 0.5) is 4.79 Å². The summed E-state index contributed by atoms with van der Waals surface area (Å²) in [6, 6.07) is 0. The lowest BCUT2D eigenvalue weighted by atomic mass is 10.7. The molecule has 0 atom stereocenters. The molecule has 0 unspecified atom stereocenters. The van der Waals surface area contributed by atoms with Crippen LogP contribution in [0, 0.1) is 0 Å². The van der Waals surface area contributed by atoms with Crippen LogP contribution in [-0.4, -0.2) is 35.9 Å². The molecule has 15 heavy (non-hydrogen) atoms. The molecule has 0 heterocycles. The van der Waals surface area contributed by atoms with E-state index in [1.54, 1.807) is 0 Å². The van der Waals surface area contributed by atoms with Crippen LogP contribution in [0.3, 0.4) is 0 Å². The number of hydrogen-bond acceptors (Lipinski definition) is 3. The van der Waals surface area contributed by atoms with Crippen LogP contribution in [0.5, 0.6) is 0 Å². The molecule has 4 nitrogen and oxygen atoms in total. The summed E-state index contributed by atoms with van der Waals surface area (Å²) in [6.07, 6.45) is -0.326. The first kappa shape index (κ1) is 14.7. The lowest BCUT2D eigenvalue weighted by Crippen LogP contribution is -2.38. The number of nitrogens with one attached hydrogen (secondary N) is 1. The van der Waals surface area contributed by atoms with Crippen molar-refractivity contribution < 1.29 is 13.6 Å². The molecule has 0 aliphatic rings. The van der Waals surface area contributed by atoms with Crippen molar-refractivity contribution in [2.75, 3.05) is 13.2 Å². The van der Waals surface area contributed by atoms with Crippen molar-refractivity contribution in [1.29, 1.82) is 0 Å². The van der Waals surface area contributed by atoms with Gasteiger partial charge in [-0.1, -0.05) is 0 Å². The van der Waals surface area contributed by atoms with Gasteiger partial charge in [-0.3, -0.25) is 0 Å². The maximum absolute atomic E-state index is 11.2. The Morgan fingerprint density at radius 2 is 1.60 bits per heavy atom. The monoisotopic (exact) mass is 249 g/mol. The van der Waals surface area contributed by atoms with E-state index in [2.05, 4.69) is 25.0 Å². The predicted octanol–water partition coefficient (Wildman–Crippen LogP) is 2.40. The molecule has 1 N–H and O–H groups in total. The Bertz CT molecular complexity index is 208. The molecule has 0 aromatic rings. The SMILES string of the molecule is C[Si](C)(C)OCCNC(=O)O[Si](C)(C)C. The minimum atomic E-state index is -1.76. The van der Waals surface area contributed by atoms with Gasteiger partial charge in [-0.15, -0.1) is 0 Å². The van der Waals surface area contributed by atoms with Gasteiger partial charge in [0.05, 0.1) is 6.61 Å². The zero-order valence-corrected chi connectivity index (χ0v) is 12.6. The van der Waals surface area contributed by atoms with E-state index in [0.29, 0.717) is 13.2 Å². The van der Waals surface area contributed by atoms with Crippen molar-refractivity contribution in [1.82, 2.24) is 5.32 Å². The molecule has 0 saturated heterocycles. The quantitative estimate of drug-likeness (QED) is 0.601. The molecule has 90 valence electrons. The third kappa shape index (κ3) is 11.6. The highest BCUT2D eigenvalue weighted by Gasteiger charge is 2.19. The zero-order chi connectivity index (χ0) is 12.1. The van der Waals surface area contributed by atoms with Gasteiger partial charge >= 0.3 is 6.09 Å². The summed E-state index contributed by atoms with van der Waals surface area (Å²) in [5, 5.41) is 2.68. The Morgan fingerprint density at radius 1 is 1.07 bits per heavy atom. The van der Waals surface area contributed by atoms with Gasteiger partial charge in [0, 0.05) is 6.54 Å². The average molecular weight is 249 g/mol. The zero-order valence-electron chi connectivity index (χ0n) is 10.6. The van der Waals surface area contributed by atoms with Crippen LogP contribution >= 0.6 is 0 Å². The molecule has 0 aliphatic carbocycles. The van der Waals surface area contributed by atoms with Crippen LogP contribution in [0.25, 0.3) is 0 Å².